The van der Waals surface area contributed by atoms with Gasteiger partial charge in [-0.25, -0.2) is 4.98 Å². The summed E-state index contributed by atoms with van der Waals surface area (Å²) in [5, 5.41) is 0. The Balaban J connectivity index is 1.98. The van der Waals surface area contributed by atoms with Gasteiger partial charge in [-0.05, 0) is 50.0 Å². The third-order valence-corrected chi connectivity index (χ3v) is 5.58. The van der Waals surface area contributed by atoms with Crippen molar-refractivity contribution in [2.75, 3.05) is 27.4 Å². The number of aromatic nitrogens is 2. The van der Waals surface area contributed by atoms with Crippen molar-refractivity contribution in [2.45, 2.75) is 51.4 Å². The van der Waals surface area contributed by atoms with Crippen molar-refractivity contribution < 1.29 is 27.4 Å². The van der Waals surface area contributed by atoms with Crippen molar-refractivity contribution in [3.8, 4) is 0 Å². The maximum atomic E-state index is 12.5. The van der Waals surface area contributed by atoms with Gasteiger partial charge < -0.3 is 18.9 Å². The van der Waals surface area contributed by atoms with Crippen LogP contribution in [0.5, 0.6) is 0 Å². The molecule has 1 aromatic heterocycles. The molecule has 1 amide bonds. The standard InChI is InChI=1S/C24H30F3N3O3/c1-16(2)9-19(13-29(3)15-31)17-5-6-21-22(12-17)30(7-8-33-14-24(25,26)27)23(28-21)18-10-20(11-18)32-4/h5-6,9,12-13,15,18,20H,7-8,10-11,14H2,1-4H3/b19-13+. The highest BCUT2D eigenvalue weighted by molar-refractivity contribution is 5.84. The van der Waals surface area contributed by atoms with Crippen molar-refractivity contribution in [3.05, 3.63) is 47.4 Å². The van der Waals surface area contributed by atoms with Gasteiger partial charge in [0.25, 0.3) is 0 Å². The third-order valence-electron chi connectivity index (χ3n) is 5.58. The molecule has 0 spiro atoms. The van der Waals surface area contributed by atoms with Gasteiger partial charge in [0.15, 0.2) is 0 Å². The monoisotopic (exact) mass is 465 g/mol. The highest BCUT2D eigenvalue weighted by atomic mass is 19.4. The number of imidazole rings is 1. The number of rotatable bonds is 10. The Morgan fingerprint density at radius 2 is 2.03 bits per heavy atom. The Morgan fingerprint density at radius 1 is 1.30 bits per heavy atom. The van der Waals surface area contributed by atoms with Crippen molar-refractivity contribution >= 4 is 23.0 Å². The quantitative estimate of drug-likeness (QED) is 0.284. The van der Waals surface area contributed by atoms with E-state index in [0.717, 1.165) is 52.8 Å². The van der Waals surface area contributed by atoms with Crippen LogP contribution in [0.1, 0.15) is 44.0 Å². The van der Waals surface area contributed by atoms with E-state index in [-0.39, 0.29) is 25.2 Å². The lowest BCUT2D eigenvalue weighted by Crippen LogP contribution is -2.31. The molecule has 1 aliphatic carbocycles. The van der Waals surface area contributed by atoms with E-state index in [9.17, 15) is 18.0 Å². The summed E-state index contributed by atoms with van der Waals surface area (Å²) < 4.78 is 49.8. The summed E-state index contributed by atoms with van der Waals surface area (Å²) in [4.78, 5) is 17.4. The molecule has 0 radical (unpaired) electrons. The zero-order chi connectivity index (χ0) is 24.2. The van der Waals surface area contributed by atoms with Crippen molar-refractivity contribution in [3.63, 3.8) is 0 Å². The smallest absolute Gasteiger partial charge is 0.381 e. The number of halogens is 3. The van der Waals surface area contributed by atoms with Crippen molar-refractivity contribution in [1.29, 1.82) is 0 Å². The molecule has 3 rings (SSSR count). The van der Waals surface area contributed by atoms with Gasteiger partial charge in [-0.3, -0.25) is 4.79 Å². The van der Waals surface area contributed by atoms with E-state index in [1.54, 1.807) is 20.4 Å². The minimum Gasteiger partial charge on any atom is -0.381 e. The van der Waals surface area contributed by atoms with Gasteiger partial charge in [0, 0.05) is 32.8 Å². The second-order valence-corrected chi connectivity index (χ2v) is 8.60. The van der Waals surface area contributed by atoms with E-state index in [4.69, 9.17) is 14.5 Å². The largest absolute Gasteiger partial charge is 0.411 e. The number of carbonyl (C=O) groups is 1. The number of allylic oxidation sites excluding steroid dienone is 3. The molecule has 0 aliphatic heterocycles. The average molecular weight is 466 g/mol. The van der Waals surface area contributed by atoms with Crippen LogP contribution in [0.2, 0.25) is 0 Å². The van der Waals surface area contributed by atoms with Gasteiger partial charge in [0.2, 0.25) is 6.41 Å². The van der Waals surface area contributed by atoms with Crippen molar-refractivity contribution in [2.24, 2.45) is 0 Å². The molecule has 1 aromatic carbocycles. The first-order valence-corrected chi connectivity index (χ1v) is 10.8. The minimum absolute atomic E-state index is 0.0762. The number of hydrogen-bond acceptors (Lipinski definition) is 4. The number of hydrogen-bond donors (Lipinski definition) is 0. The SMILES string of the molecule is COC1CC(c2nc3ccc(/C(C=C(C)C)=C/N(C)C=O)cc3n2CCOCC(F)(F)F)C1. The molecule has 9 heteroatoms. The first-order valence-electron chi connectivity index (χ1n) is 10.8. The number of alkyl halides is 3. The first-order chi connectivity index (χ1) is 15.6. The summed E-state index contributed by atoms with van der Waals surface area (Å²) in [7, 11) is 3.34. The molecular formula is C24H30F3N3O3. The van der Waals surface area contributed by atoms with E-state index < -0.39 is 12.8 Å². The molecule has 1 heterocycles. The maximum Gasteiger partial charge on any atom is 0.411 e. The predicted octanol–water partition coefficient (Wildman–Crippen LogP) is 4.90. The number of methoxy groups -OCH3 is 1. The van der Waals surface area contributed by atoms with E-state index in [2.05, 4.69) is 0 Å². The highest BCUT2D eigenvalue weighted by Crippen LogP contribution is 2.39. The normalized spacial score (nSPS) is 18.8. The summed E-state index contributed by atoms with van der Waals surface area (Å²) in [6.45, 7) is 2.84. The molecule has 0 saturated heterocycles. The van der Waals surface area contributed by atoms with Gasteiger partial charge in [0.05, 0.1) is 23.7 Å². The fourth-order valence-electron chi connectivity index (χ4n) is 3.94. The maximum absolute atomic E-state index is 12.5. The molecule has 1 aliphatic rings. The van der Waals surface area contributed by atoms with Gasteiger partial charge in [0.1, 0.15) is 12.4 Å². The molecule has 0 bridgehead atoms. The van der Waals surface area contributed by atoms with Crippen molar-refractivity contribution in [1.82, 2.24) is 14.5 Å². The molecule has 1 saturated carbocycles. The van der Waals surface area contributed by atoms with Crippen LogP contribution in [0.25, 0.3) is 16.6 Å². The lowest BCUT2D eigenvalue weighted by Gasteiger charge is -2.33. The Morgan fingerprint density at radius 3 is 2.64 bits per heavy atom. The Bertz CT molecular complexity index is 1030. The number of ether oxygens (including phenoxy) is 2. The van der Waals surface area contributed by atoms with Crippen LogP contribution in [0.15, 0.2) is 36.0 Å². The number of fused-ring (bicyclic) bond motifs is 1. The number of amides is 1. The molecule has 1 fully saturated rings. The van der Waals surface area contributed by atoms with E-state index in [0.29, 0.717) is 0 Å². The second-order valence-electron chi connectivity index (χ2n) is 8.60. The molecule has 0 N–H and O–H groups in total. The van der Waals surface area contributed by atoms with Gasteiger partial charge in [-0.15, -0.1) is 0 Å². The predicted molar refractivity (Wildman–Crippen MR) is 121 cm³/mol. The van der Waals surface area contributed by atoms with Gasteiger partial charge >= 0.3 is 6.18 Å². The van der Waals surface area contributed by atoms with Crippen LogP contribution in [-0.4, -0.2) is 60.5 Å². The van der Waals surface area contributed by atoms with Gasteiger partial charge in [-0.2, -0.15) is 13.2 Å². The molecule has 2 aromatic rings. The number of benzene rings is 1. The molecule has 6 nitrogen and oxygen atoms in total. The van der Waals surface area contributed by atoms with E-state index >= 15 is 0 Å². The minimum atomic E-state index is -4.36. The molecule has 33 heavy (non-hydrogen) atoms. The summed E-state index contributed by atoms with van der Waals surface area (Å²) >= 11 is 0. The second kappa shape index (κ2) is 10.5. The number of nitrogens with zero attached hydrogens (tertiary/aromatic N) is 3. The summed E-state index contributed by atoms with van der Waals surface area (Å²) in [5.74, 6) is 1.02. The fourth-order valence-corrected chi connectivity index (χ4v) is 3.94. The van der Waals surface area contributed by atoms with Crippen LogP contribution >= 0.6 is 0 Å². The van der Waals surface area contributed by atoms with Gasteiger partial charge in [-0.1, -0.05) is 17.7 Å². The van der Waals surface area contributed by atoms with Crippen LogP contribution in [0.4, 0.5) is 13.2 Å². The van der Waals surface area contributed by atoms with Crippen LogP contribution < -0.4 is 0 Å². The van der Waals surface area contributed by atoms with Crippen LogP contribution in [0, 0.1) is 0 Å². The zero-order valence-corrected chi connectivity index (χ0v) is 19.4. The van der Waals surface area contributed by atoms with E-state index in [1.807, 2.05) is 42.7 Å². The fraction of sp³-hybridized carbons (Fsp3) is 0.500. The molecule has 0 unspecified atom stereocenters. The summed E-state index contributed by atoms with van der Waals surface area (Å²) in [5.41, 5.74) is 4.38. The number of carbonyl (C=O) groups excluding carboxylic acids is 1. The average Bonchev–Trinajstić information content (AvgIpc) is 3.06. The highest BCUT2D eigenvalue weighted by Gasteiger charge is 2.34. The Kier molecular flexibility index (Phi) is 7.97. The molecular weight excluding hydrogens is 435 g/mol. The van der Waals surface area contributed by atoms with Crippen LogP contribution in [-0.2, 0) is 20.8 Å². The van der Waals surface area contributed by atoms with Crippen LogP contribution in [0.3, 0.4) is 0 Å². The summed E-state index contributed by atoms with van der Waals surface area (Å²) in [6, 6.07) is 5.81. The lowest BCUT2D eigenvalue weighted by molar-refractivity contribution is -0.174. The topological polar surface area (TPSA) is 56.6 Å². The zero-order valence-electron chi connectivity index (χ0n) is 19.4. The summed E-state index contributed by atoms with van der Waals surface area (Å²) in [6.07, 6.45) is 1.90. The Labute approximate surface area is 191 Å². The molecule has 180 valence electrons. The first kappa shape index (κ1) is 25.0. The lowest BCUT2D eigenvalue weighted by atomic mass is 9.81. The van der Waals surface area contributed by atoms with E-state index in [1.165, 1.54) is 4.90 Å². The molecule has 0 atom stereocenters. The Hall–Kier alpha value is -2.65. The third kappa shape index (κ3) is 6.45.